The summed E-state index contributed by atoms with van der Waals surface area (Å²) in [5, 5.41) is 0. The number of amides is 1. The first kappa shape index (κ1) is 14.3. The molecule has 0 aromatic carbocycles. The minimum absolute atomic E-state index is 0.236. The number of fused-ring (bicyclic) bond motifs is 1. The molecule has 0 aromatic heterocycles. The van der Waals surface area contributed by atoms with Gasteiger partial charge in [0, 0.05) is 50.2 Å². The summed E-state index contributed by atoms with van der Waals surface area (Å²) >= 11 is 0. The van der Waals surface area contributed by atoms with Crippen molar-refractivity contribution in [1.29, 1.82) is 0 Å². The van der Waals surface area contributed by atoms with Gasteiger partial charge in [-0.05, 0) is 33.7 Å². The summed E-state index contributed by atoms with van der Waals surface area (Å²) in [6, 6.07) is 0.517. The lowest BCUT2D eigenvalue weighted by Gasteiger charge is -2.55. The summed E-state index contributed by atoms with van der Waals surface area (Å²) < 4.78 is 0. The maximum atomic E-state index is 12.6. The smallest absolute Gasteiger partial charge is 0.225 e. The molecule has 1 aliphatic carbocycles. The summed E-state index contributed by atoms with van der Waals surface area (Å²) in [7, 11) is 2.21. The third kappa shape index (κ3) is 2.60. The molecule has 3 rings (SSSR count). The molecular weight excluding hydrogens is 250 g/mol. The van der Waals surface area contributed by atoms with Crippen LogP contribution in [0.2, 0.25) is 0 Å². The second kappa shape index (κ2) is 5.30. The molecule has 1 saturated carbocycles. The lowest BCUT2D eigenvalue weighted by Crippen LogP contribution is -2.69. The van der Waals surface area contributed by atoms with Crippen LogP contribution in [0.4, 0.5) is 0 Å². The first-order valence-corrected chi connectivity index (χ1v) is 8.21. The second-order valence-corrected chi connectivity index (χ2v) is 7.62. The van der Waals surface area contributed by atoms with Crippen LogP contribution in [0.3, 0.4) is 0 Å². The fourth-order valence-corrected chi connectivity index (χ4v) is 4.62. The van der Waals surface area contributed by atoms with Crippen LogP contribution in [0.1, 0.15) is 39.5 Å². The molecule has 2 heterocycles. The summed E-state index contributed by atoms with van der Waals surface area (Å²) in [6.45, 7) is 9.80. The lowest BCUT2D eigenvalue weighted by molar-refractivity contribution is -0.142. The predicted molar refractivity (Wildman–Crippen MR) is 80.6 cm³/mol. The second-order valence-electron chi connectivity index (χ2n) is 7.62. The Hall–Kier alpha value is -0.610. The monoisotopic (exact) mass is 279 g/mol. The van der Waals surface area contributed by atoms with Gasteiger partial charge in [0.15, 0.2) is 0 Å². The van der Waals surface area contributed by atoms with E-state index in [1.807, 2.05) is 0 Å². The van der Waals surface area contributed by atoms with Crippen LogP contribution in [0.25, 0.3) is 0 Å². The number of hydrogen-bond donors (Lipinski definition) is 0. The maximum absolute atomic E-state index is 12.6. The van der Waals surface area contributed by atoms with Gasteiger partial charge in [-0.15, -0.1) is 0 Å². The molecule has 0 N–H and O–H groups in total. The van der Waals surface area contributed by atoms with Crippen molar-refractivity contribution in [1.82, 2.24) is 14.7 Å². The van der Waals surface area contributed by atoms with E-state index in [-0.39, 0.29) is 5.54 Å². The van der Waals surface area contributed by atoms with Gasteiger partial charge in [0.25, 0.3) is 0 Å². The maximum Gasteiger partial charge on any atom is 0.225 e. The summed E-state index contributed by atoms with van der Waals surface area (Å²) in [6.07, 6.45) is 4.73. The van der Waals surface area contributed by atoms with Crippen molar-refractivity contribution in [2.24, 2.45) is 5.92 Å². The average molecular weight is 279 g/mol. The summed E-state index contributed by atoms with van der Waals surface area (Å²) in [5.41, 5.74) is 0.236. The number of carbonyl (C=O) groups excluding carboxylic acids is 1. The van der Waals surface area contributed by atoms with Crippen LogP contribution in [0, 0.1) is 5.92 Å². The zero-order valence-electron chi connectivity index (χ0n) is 13.3. The van der Waals surface area contributed by atoms with Crippen LogP contribution in [0.5, 0.6) is 0 Å². The van der Waals surface area contributed by atoms with Gasteiger partial charge in [0.2, 0.25) is 5.91 Å². The van der Waals surface area contributed by atoms with Crippen LogP contribution >= 0.6 is 0 Å². The lowest BCUT2D eigenvalue weighted by atomic mass is 9.92. The van der Waals surface area contributed by atoms with Crippen molar-refractivity contribution >= 4 is 5.91 Å². The number of carbonyl (C=O) groups is 1. The van der Waals surface area contributed by atoms with E-state index in [1.54, 1.807) is 0 Å². The van der Waals surface area contributed by atoms with Gasteiger partial charge >= 0.3 is 0 Å². The molecule has 0 radical (unpaired) electrons. The van der Waals surface area contributed by atoms with Crippen molar-refractivity contribution in [3.8, 4) is 0 Å². The Kier molecular flexibility index (Phi) is 3.80. The molecule has 3 aliphatic rings. The third-order valence-electron chi connectivity index (χ3n) is 5.46. The molecule has 0 unspecified atom stereocenters. The Balaban J connectivity index is 1.66. The Morgan fingerprint density at radius 2 is 1.80 bits per heavy atom. The fraction of sp³-hybridized carbons (Fsp3) is 0.938. The Morgan fingerprint density at radius 1 is 1.10 bits per heavy atom. The van der Waals surface area contributed by atoms with Crippen LogP contribution in [0.15, 0.2) is 0 Å². The van der Waals surface area contributed by atoms with E-state index in [9.17, 15) is 4.79 Å². The minimum Gasteiger partial charge on any atom is -0.340 e. The highest BCUT2D eigenvalue weighted by Gasteiger charge is 2.43. The van der Waals surface area contributed by atoms with E-state index in [1.165, 1.54) is 12.8 Å². The number of rotatable bonds is 1. The van der Waals surface area contributed by atoms with E-state index >= 15 is 0 Å². The van der Waals surface area contributed by atoms with E-state index in [0.717, 1.165) is 45.6 Å². The van der Waals surface area contributed by atoms with Crippen molar-refractivity contribution in [2.45, 2.75) is 51.1 Å². The first-order valence-electron chi connectivity index (χ1n) is 8.21. The molecule has 3 fully saturated rings. The summed E-state index contributed by atoms with van der Waals surface area (Å²) in [5.74, 6) is 0.768. The molecule has 0 spiro atoms. The number of hydrogen-bond acceptors (Lipinski definition) is 3. The van der Waals surface area contributed by atoms with Gasteiger partial charge in [0.1, 0.15) is 0 Å². The molecule has 2 aliphatic heterocycles. The van der Waals surface area contributed by atoms with Gasteiger partial charge in [-0.25, -0.2) is 0 Å². The molecule has 1 amide bonds. The van der Waals surface area contributed by atoms with Crippen molar-refractivity contribution in [3.63, 3.8) is 0 Å². The highest BCUT2D eigenvalue weighted by Crippen LogP contribution is 2.30. The quantitative estimate of drug-likeness (QED) is 0.726. The van der Waals surface area contributed by atoms with E-state index < -0.39 is 0 Å². The molecule has 114 valence electrons. The third-order valence-corrected chi connectivity index (χ3v) is 5.46. The molecule has 4 heteroatoms. The van der Waals surface area contributed by atoms with Gasteiger partial charge in [-0.2, -0.15) is 0 Å². The topological polar surface area (TPSA) is 26.8 Å². The number of likely N-dealkylation sites (N-methyl/N-ethyl adjacent to an activating group) is 1. The Morgan fingerprint density at radius 3 is 2.50 bits per heavy atom. The van der Waals surface area contributed by atoms with Gasteiger partial charge in [-0.3, -0.25) is 9.69 Å². The van der Waals surface area contributed by atoms with Crippen LogP contribution in [-0.4, -0.2) is 72.0 Å². The van der Waals surface area contributed by atoms with E-state index in [0.29, 0.717) is 17.9 Å². The average Bonchev–Trinajstić information content (AvgIpc) is 2.89. The van der Waals surface area contributed by atoms with Crippen LogP contribution in [-0.2, 0) is 4.79 Å². The number of piperazine rings is 2. The highest BCUT2D eigenvalue weighted by atomic mass is 16.2. The fourth-order valence-electron chi connectivity index (χ4n) is 4.62. The molecule has 0 aromatic rings. The Labute approximate surface area is 123 Å². The predicted octanol–water partition coefficient (Wildman–Crippen LogP) is 1.41. The molecule has 1 atom stereocenters. The SMILES string of the molecule is CN1C[C@@H]2CN(C(=O)C3CCCC3)CCN2C(C)(C)C1. The van der Waals surface area contributed by atoms with Crippen LogP contribution < -0.4 is 0 Å². The minimum atomic E-state index is 0.236. The van der Waals surface area contributed by atoms with E-state index in [2.05, 4.69) is 35.6 Å². The van der Waals surface area contributed by atoms with Crippen molar-refractivity contribution in [2.75, 3.05) is 39.8 Å². The number of nitrogens with zero attached hydrogens (tertiary/aromatic N) is 3. The molecule has 2 saturated heterocycles. The van der Waals surface area contributed by atoms with Crippen molar-refractivity contribution in [3.05, 3.63) is 0 Å². The molecule has 20 heavy (non-hydrogen) atoms. The van der Waals surface area contributed by atoms with E-state index in [4.69, 9.17) is 0 Å². The van der Waals surface area contributed by atoms with Gasteiger partial charge in [-0.1, -0.05) is 12.8 Å². The molecular formula is C16H29N3O. The zero-order chi connectivity index (χ0) is 14.3. The zero-order valence-corrected chi connectivity index (χ0v) is 13.3. The van der Waals surface area contributed by atoms with Crippen molar-refractivity contribution < 1.29 is 4.79 Å². The largest absolute Gasteiger partial charge is 0.340 e. The Bertz CT molecular complexity index is 376. The standard InChI is InChI=1S/C16H29N3O/c1-16(2)12-17(3)10-14-11-18(8-9-19(14)16)15(20)13-6-4-5-7-13/h13-14H,4-12H2,1-3H3/t14-/m1/s1. The van der Waals surface area contributed by atoms with Gasteiger partial charge in [0.05, 0.1) is 0 Å². The normalized spacial score (nSPS) is 32.4. The molecule has 4 nitrogen and oxygen atoms in total. The first-order chi connectivity index (χ1) is 9.47. The summed E-state index contributed by atoms with van der Waals surface area (Å²) in [4.78, 5) is 19.8. The molecule has 0 bridgehead atoms. The highest BCUT2D eigenvalue weighted by molar-refractivity contribution is 5.79. The van der Waals surface area contributed by atoms with Gasteiger partial charge < -0.3 is 9.80 Å².